The average Bonchev–Trinajstić information content (AvgIpc) is 2.34. The zero-order chi connectivity index (χ0) is 14.4. The van der Waals surface area contributed by atoms with Crippen molar-refractivity contribution < 1.29 is 19.1 Å². The Balaban J connectivity index is 3.11. The van der Waals surface area contributed by atoms with Gasteiger partial charge in [-0.2, -0.15) is 0 Å². The van der Waals surface area contributed by atoms with E-state index < -0.39 is 17.9 Å². The van der Waals surface area contributed by atoms with E-state index in [0.29, 0.717) is 10.2 Å². The molecule has 1 heterocycles. The van der Waals surface area contributed by atoms with E-state index in [9.17, 15) is 9.59 Å². The van der Waals surface area contributed by atoms with Crippen molar-refractivity contribution in [3.05, 3.63) is 22.2 Å². The Morgan fingerprint density at radius 1 is 1.26 bits per heavy atom. The summed E-state index contributed by atoms with van der Waals surface area (Å²) in [6.07, 6.45) is 1.49. The van der Waals surface area contributed by atoms with Gasteiger partial charge in [0.15, 0.2) is 5.82 Å². The van der Waals surface area contributed by atoms with Crippen molar-refractivity contribution in [2.75, 3.05) is 13.2 Å². The Labute approximate surface area is 119 Å². The highest BCUT2D eigenvalue weighted by Gasteiger charge is 2.34. The zero-order valence-corrected chi connectivity index (χ0v) is 12.6. The standard InChI is InChI=1S/C12H15BrN2O4/c1-4-18-11(16)9(12(17)19-5-2)10-14-6-8(13)7(3)15-10/h6,9H,4-5H2,1-3H3. The molecular formula is C12H15BrN2O4. The number of rotatable bonds is 5. The van der Waals surface area contributed by atoms with E-state index in [0.717, 1.165) is 0 Å². The number of hydrogen-bond donors (Lipinski definition) is 0. The maximum atomic E-state index is 11.8. The van der Waals surface area contributed by atoms with Gasteiger partial charge >= 0.3 is 11.9 Å². The highest BCUT2D eigenvalue weighted by Crippen LogP contribution is 2.19. The minimum Gasteiger partial charge on any atom is -0.465 e. The van der Waals surface area contributed by atoms with Crippen LogP contribution in [-0.2, 0) is 19.1 Å². The predicted octanol–water partition coefficient (Wildman–Crippen LogP) is 1.76. The van der Waals surface area contributed by atoms with Crippen LogP contribution in [0.15, 0.2) is 10.7 Å². The number of aromatic nitrogens is 2. The van der Waals surface area contributed by atoms with Crippen LogP contribution in [0.2, 0.25) is 0 Å². The number of halogens is 1. The molecule has 1 aromatic heterocycles. The van der Waals surface area contributed by atoms with Crippen molar-refractivity contribution in [2.45, 2.75) is 26.7 Å². The van der Waals surface area contributed by atoms with Gasteiger partial charge in [-0.05, 0) is 36.7 Å². The number of esters is 2. The van der Waals surface area contributed by atoms with E-state index in [2.05, 4.69) is 25.9 Å². The van der Waals surface area contributed by atoms with E-state index >= 15 is 0 Å². The first-order valence-electron chi connectivity index (χ1n) is 5.83. The zero-order valence-electron chi connectivity index (χ0n) is 11.0. The summed E-state index contributed by atoms with van der Waals surface area (Å²) in [4.78, 5) is 31.8. The molecule has 0 atom stereocenters. The highest BCUT2D eigenvalue weighted by molar-refractivity contribution is 9.10. The third-order valence-electron chi connectivity index (χ3n) is 2.24. The molecule has 1 rings (SSSR count). The lowest BCUT2D eigenvalue weighted by Gasteiger charge is -2.13. The van der Waals surface area contributed by atoms with Gasteiger partial charge in [-0.1, -0.05) is 0 Å². The van der Waals surface area contributed by atoms with Crippen molar-refractivity contribution in [3.63, 3.8) is 0 Å². The largest absolute Gasteiger partial charge is 0.465 e. The topological polar surface area (TPSA) is 78.4 Å². The molecule has 19 heavy (non-hydrogen) atoms. The van der Waals surface area contributed by atoms with Crippen LogP contribution in [0.25, 0.3) is 0 Å². The molecule has 0 spiro atoms. The molecule has 1 aromatic rings. The van der Waals surface area contributed by atoms with Crippen LogP contribution < -0.4 is 0 Å². The number of carbonyl (C=O) groups is 2. The summed E-state index contributed by atoms with van der Waals surface area (Å²) in [7, 11) is 0. The minimum absolute atomic E-state index is 0.0811. The normalized spacial score (nSPS) is 10.4. The Bertz CT molecular complexity index is 461. The molecule has 0 amide bonds. The van der Waals surface area contributed by atoms with Gasteiger partial charge in [0.05, 0.1) is 23.4 Å². The first-order chi connectivity index (χ1) is 9.01. The van der Waals surface area contributed by atoms with Crippen molar-refractivity contribution in [3.8, 4) is 0 Å². The Morgan fingerprint density at radius 2 is 1.79 bits per heavy atom. The molecule has 104 valence electrons. The maximum Gasteiger partial charge on any atom is 0.328 e. The summed E-state index contributed by atoms with van der Waals surface area (Å²) in [5.74, 6) is -2.57. The quantitative estimate of drug-likeness (QED) is 0.604. The van der Waals surface area contributed by atoms with Crippen molar-refractivity contribution in [1.82, 2.24) is 9.97 Å². The Morgan fingerprint density at radius 3 is 2.21 bits per heavy atom. The lowest BCUT2D eigenvalue weighted by atomic mass is 10.1. The summed E-state index contributed by atoms with van der Waals surface area (Å²) >= 11 is 3.26. The minimum atomic E-state index is -1.24. The Hall–Kier alpha value is -1.50. The summed E-state index contributed by atoms with van der Waals surface area (Å²) < 4.78 is 10.4. The predicted molar refractivity (Wildman–Crippen MR) is 70.5 cm³/mol. The molecule has 0 bridgehead atoms. The molecule has 0 aliphatic carbocycles. The first-order valence-corrected chi connectivity index (χ1v) is 6.62. The van der Waals surface area contributed by atoms with Gasteiger partial charge in [-0.3, -0.25) is 9.59 Å². The summed E-state index contributed by atoms with van der Waals surface area (Å²) in [5, 5.41) is 0. The van der Waals surface area contributed by atoms with E-state index in [1.807, 2.05) is 0 Å². The first kappa shape index (κ1) is 15.6. The fraction of sp³-hybridized carbons (Fsp3) is 0.500. The lowest BCUT2D eigenvalue weighted by molar-refractivity contribution is -0.157. The molecule has 0 saturated heterocycles. The van der Waals surface area contributed by atoms with Crippen LogP contribution in [0, 0.1) is 6.92 Å². The highest BCUT2D eigenvalue weighted by atomic mass is 79.9. The third-order valence-corrected chi connectivity index (χ3v) is 3.02. The van der Waals surface area contributed by atoms with E-state index in [4.69, 9.17) is 9.47 Å². The van der Waals surface area contributed by atoms with Crippen LogP contribution in [-0.4, -0.2) is 35.1 Å². The smallest absolute Gasteiger partial charge is 0.328 e. The molecule has 0 radical (unpaired) electrons. The number of hydrogen-bond acceptors (Lipinski definition) is 6. The van der Waals surface area contributed by atoms with Gasteiger partial charge in [0, 0.05) is 6.20 Å². The maximum absolute atomic E-state index is 11.8. The molecule has 7 heteroatoms. The molecule has 0 fully saturated rings. The second-order valence-corrected chi connectivity index (χ2v) is 4.45. The van der Waals surface area contributed by atoms with E-state index in [-0.39, 0.29) is 19.0 Å². The van der Waals surface area contributed by atoms with Crippen molar-refractivity contribution in [2.24, 2.45) is 0 Å². The van der Waals surface area contributed by atoms with Gasteiger partial charge < -0.3 is 9.47 Å². The van der Waals surface area contributed by atoms with Crippen molar-refractivity contribution >= 4 is 27.9 Å². The van der Waals surface area contributed by atoms with Crippen LogP contribution in [0.3, 0.4) is 0 Å². The van der Waals surface area contributed by atoms with Gasteiger partial charge in [0.2, 0.25) is 5.92 Å². The van der Waals surface area contributed by atoms with Gasteiger partial charge in [0.25, 0.3) is 0 Å². The average molecular weight is 331 g/mol. The molecular weight excluding hydrogens is 316 g/mol. The molecule has 0 aliphatic heterocycles. The number of carbonyl (C=O) groups excluding carboxylic acids is 2. The summed E-state index contributed by atoms with van der Waals surface area (Å²) in [5.41, 5.74) is 0.628. The van der Waals surface area contributed by atoms with E-state index in [1.54, 1.807) is 20.8 Å². The summed E-state index contributed by atoms with van der Waals surface area (Å²) in [6, 6.07) is 0. The number of nitrogens with zero attached hydrogens (tertiary/aromatic N) is 2. The Kier molecular flexibility index (Phi) is 5.88. The van der Waals surface area contributed by atoms with Gasteiger partial charge in [0.1, 0.15) is 0 Å². The van der Waals surface area contributed by atoms with E-state index in [1.165, 1.54) is 6.20 Å². The van der Waals surface area contributed by atoms with Crippen LogP contribution >= 0.6 is 15.9 Å². The fourth-order valence-corrected chi connectivity index (χ4v) is 1.56. The van der Waals surface area contributed by atoms with Crippen molar-refractivity contribution in [1.29, 1.82) is 0 Å². The molecule has 0 aromatic carbocycles. The molecule has 6 nitrogen and oxygen atoms in total. The van der Waals surface area contributed by atoms with Crippen LogP contribution in [0.5, 0.6) is 0 Å². The van der Waals surface area contributed by atoms with Crippen LogP contribution in [0.4, 0.5) is 0 Å². The number of ether oxygens (including phenoxy) is 2. The van der Waals surface area contributed by atoms with Gasteiger partial charge in [-0.25, -0.2) is 9.97 Å². The molecule has 0 aliphatic rings. The summed E-state index contributed by atoms with van der Waals surface area (Å²) in [6.45, 7) is 5.40. The number of aryl methyl sites for hydroxylation is 1. The van der Waals surface area contributed by atoms with Gasteiger partial charge in [-0.15, -0.1) is 0 Å². The second-order valence-electron chi connectivity index (χ2n) is 3.60. The third kappa shape index (κ3) is 3.99. The molecule has 0 N–H and O–H groups in total. The lowest BCUT2D eigenvalue weighted by Crippen LogP contribution is -2.28. The molecule has 0 saturated carbocycles. The van der Waals surface area contributed by atoms with Crippen LogP contribution in [0.1, 0.15) is 31.3 Å². The second kappa shape index (κ2) is 7.18. The monoisotopic (exact) mass is 330 g/mol. The molecule has 0 unspecified atom stereocenters. The fourth-order valence-electron chi connectivity index (χ4n) is 1.37. The SMILES string of the molecule is CCOC(=O)C(C(=O)OCC)c1ncc(Br)c(C)n1.